The molecular weight excluding hydrogens is 287 g/mol. The van der Waals surface area contributed by atoms with Crippen LogP contribution in [-0.4, -0.2) is 10.0 Å². The third kappa shape index (κ3) is 2.97. The Morgan fingerprint density at radius 2 is 2.10 bits per heavy atom. The molecule has 20 heavy (non-hydrogen) atoms. The first-order chi connectivity index (χ1) is 9.49. The zero-order valence-corrected chi connectivity index (χ0v) is 10.9. The van der Waals surface area contributed by atoms with Crippen LogP contribution in [0, 0.1) is 15.9 Å². The molecule has 0 aliphatic carbocycles. The molecule has 0 amide bonds. The Balaban J connectivity index is 2.15. The second-order valence-electron chi connectivity index (χ2n) is 4.02. The number of nitro groups is 1. The molecule has 0 saturated heterocycles. The van der Waals surface area contributed by atoms with Crippen LogP contribution in [0.15, 0.2) is 36.4 Å². The number of phenols is 1. The maximum absolute atomic E-state index is 13.1. The van der Waals surface area contributed by atoms with E-state index >= 15 is 0 Å². The Labute approximate surface area is 118 Å². The SMILES string of the molecule is O=[N+]([O-])c1ccc(NCc2cccc(F)c2O)c(Cl)c1. The molecule has 2 aromatic carbocycles. The van der Waals surface area contributed by atoms with Gasteiger partial charge in [-0.2, -0.15) is 0 Å². The van der Waals surface area contributed by atoms with Gasteiger partial charge in [0.05, 0.1) is 15.6 Å². The van der Waals surface area contributed by atoms with Gasteiger partial charge in [-0.25, -0.2) is 4.39 Å². The molecular formula is C13H10ClFN2O3. The van der Waals surface area contributed by atoms with Gasteiger partial charge in [0.1, 0.15) is 0 Å². The van der Waals surface area contributed by atoms with Crippen LogP contribution in [0.2, 0.25) is 5.02 Å². The maximum atomic E-state index is 13.1. The van der Waals surface area contributed by atoms with Crippen LogP contribution in [0.1, 0.15) is 5.56 Å². The summed E-state index contributed by atoms with van der Waals surface area (Å²) in [4.78, 5) is 10.0. The minimum Gasteiger partial charge on any atom is -0.505 e. The smallest absolute Gasteiger partial charge is 0.271 e. The summed E-state index contributed by atoms with van der Waals surface area (Å²) < 4.78 is 13.1. The monoisotopic (exact) mass is 296 g/mol. The molecule has 2 N–H and O–H groups in total. The molecule has 0 bridgehead atoms. The average Bonchev–Trinajstić information content (AvgIpc) is 2.41. The number of para-hydroxylation sites is 1. The van der Waals surface area contributed by atoms with Gasteiger partial charge >= 0.3 is 0 Å². The Morgan fingerprint density at radius 3 is 2.75 bits per heavy atom. The highest BCUT2D eigenvalue weighted by atomic mass is 35.5. The lowest BCUT2D eigenvalue weighted by atomic mass is 10.2. The first-order valence-electron chi connectivity index (χ1n) is 5.63. The molecule has 0 atom stereocenters. The third-order valence-electron chi connectivity index (χ3n) is 2.70. The topological polar surface area (TPSA) is 75.4 Å². The summed E-state index contributed by atoms with van der Waals surface area (Å²) >= 11 is 5.91. The van der Waals surface area contributed by atoms with Crippen molar-refractivity contribution >= 4 is 23.0 Å². The van der Waals surface area contributed by atoms with E-state index in [1.165, 1.54) is 24.3 Å². The minimum absolute atomic E-state index is 0.117. The fourth-order valence-electron chi connectivity index (χ4n) is 1.65. The van der Waals surface area contributed by atoms with E-state index in [1.54, 1.807) is 6.07 Å². The number of non-ortho nitro benzene ring substituents is 1. The Bertz CT molecular complexity index is 664. The number of hydrogen-bond acceptors (Lipinski definition) is 4. The third-order valence-corrected chi connectivity index (χ3v) is 3.02. The van der Waals surface area contributed by atoms with E-state index in [1.807, 2.05) is 0 Å². The molecule has 0 unspecified atom stereocenters. The first kappa shape index (κ1) is 14.1. The van der Waals surface area contributed by atoms with Crippen LogP contribution >= 0.6 is 11.6 Å². The lowest BCUT2D eigenvalue weighted by Gasteiger charge is -2.10. The standard InChI is InChI=1S/C13H10ClFN2O3/c14-10-6-9(17(19)20)4-5-12(10)16-7-8-2-1-3-11(15)13(8)18/h1-6,16,18H,7H2. The van der Waals surface area contributed by atoms with Crippen LogP contribution in [0.3, 0.4) is 0 Å². The van der Waals surface area contributed by atoms with Gasteiger partial charge < -0.3 is 10.4 Å². The summed E-state index contributed by atoms with van der Waals surface area (Å²) in [6, 6.07) is 8.16. The van der Waals surface area contributed by atoms with Gasteiger partial charge in [-0.1, -0.05) is 23.7 Å². The van der Waals surface area contributed by atoms with Crippen molar-refractivity contribution < 1.29 is 14.4 Å². The van der Waals surface area contributed by atoms with Crippen molar-refractivity contribution in [1.29, 1.82) is 0 Å². The van der Waals surface area contributed by atoms with Gasteiger partial charge in [0.15, 0.2) is 11.6 Å². The van der Waals surface area contributed by atoms with E-state index in [9.17, 15) is 19.6 Å². The summed E-state index contributed by atoms with van der Waals surface area (Å²) in [6.45, 7) is 0.140. The summed E-state index contributed by atoms with van der Waals surface area (Å²) in [5.41, 5.74) is 0.703. The molecule has 2 aromatic rings. The molecule has 5 nitrogen and oxygen atoms in total. The van der Waals surface area contributed by atoms with E-state index in [-0.39, 0.29) is 17.3 Å². The van der Waals surface area contributed by atoms with Gasteiger partial charge in [-0.3, -0.25) is 10.1 Å². The van der Waals surface area contributed by atoms with E-state index in [2.05, 4.69) is 5.32 Å². The normalized spacial score (nSPS) is 10.3. The molecule has 104 valence electrons. The van der Waals surface area contributed by atoms with Gasteiger partial charge in [-0.05, 0) is 12.1 Å². The molecule has 0 saturated carbocycles. The number of aromatic hydroxyl groups is 1. The van der Waals surface area contributed by atoms with Crippen molar-refractivity contribution in [2.75, 3.05) is 5.32 Å². The van der Waals surface area contributed by atoms with Crippen molar-refractivity contribution in [1.82, 2.24) is 0 Å². The summed E-state index contributed by atoms with van der Waals surface area (Å²) in [7, 11) is 0. The Kier molecular flexibility index (Phi) is 4.05. The molecule has 0 heterocycles. The van der Waals surface area contributed by atoms with E-state index in [4.69, 9.17) is 11.6 Å². The molecule has 0 fully saturated rings. The number of nitrogens with one attached hydrogen (secondary N) is 1. The van der Waals surface area contributed by atoms with Gasteiger partial charge in [0.25, 0.3) is 5.69 Å². The zero-order chi connectivity index (χ0) is 14.7. The van der Waals surface area contributed by atoms with Crippen LogP contribution < -0.4 is 5.32 Å². The van der Waals surface area contributed by atoms with Gasteiger partial charge in [0, 0.05) is 24.2 Å². The second-order valence-corrected chi connectivity index (χ2v) is 4.43. The molecule has 2 rings (SSSR count). The number of nitrogens with zero attached hydrogens (tertiary/aromatic N) is 1. The van der Waals surface area contributed by atoms with Gasteiger partial charge in [-0.15, -0.1) is 0 Å². The van der Waals surface area contributed by atoms with Crippen LogP contribution in [-0.2, 0) is 6.54 Å². The second kappa shape index (κ2) is 5.75. The van der Waals surface area contributed by atoms with Crippen LogP contribution in [0.4, 0.5) is 15.8 Å². The van der Waals surface area contributed by atoms with E-state index in [0.717, 1.165) is 6.07 Å². The molecule has 0 aliphatic heterocycles. The lowest BCUT2D eigenvalue weighted by Crippen LogP contribution is -2.01. The van der Waals surface area contributed by atoms with E-state index < -0.39 is 16.5 Å². The van der Waals surface area contributed by atoms with Crippen LogP contribution in [0.5, 0.6) is 5.75 Å². The molecule has 0 spiro atoms. The number of benzene rings is 2. The van der Waals surface area contributed by atoms with Crippen molar-refractivity contribution in [3.05, 3.63) is 62.9 Å². The number of anilines is 1. The predicted octanol–water partition coefficient (Wildman–Crippen LogP) is 3.71. The largest absolute Gasteiger partial charge is 0.505 e. The predicted molar refractivity (Wildman–Crippen MR) is 73.5 cm³/mol. The van der Waals surface area contributed by atoms with Crippen molar-refractivity contribution in [3.8, 4) is 5.75 Å². The zero-order valence-electron chi connectivity index (χ0n) is 10.1. The molecule has 0 radical (unpaired) electrons. The Morgan fingerprint density at radius 1 is 1.35 bits per heavy atom. The fourth-order valence-corrected chi connectivity index (χ4v) is 1.90. The van der Waals surface area contributed by atoms with Gasteiger partial charge in [0.2, 0.25) is 0 Å². The summed E-state index contributed by atoms with van der Waals surface area (Å²) in [5, 5.41) is 23.2. The number of nitro benzene ring substituents is 1. The molecule has 0 aromatic heterocycles. The number of rotatable bonds is 4. The van der Waals surface area contributed by atoms with Crippen molar-refractivity contribution in [2.24, 2.45) is 0 Å². The lowest BCUT2D eigenvalue weighted by molar-refractivity contribution is -0.384. The van der Waals surface area contributed by atoms with E-state index in [0.29, 0.717) is 11.3 Å². The highest BCUT2D eigenvalue weighted by molar-refractivity contribution is 6.33. The highest BCUT2D eigenvalue weighted by Crippen LogP contribution is 2.28. The van der Waals surface area contributed by atoms with Crippen LogP contribution in [0.25, 0.3) is 0 Å². The highest BCUT2D eigenvalue weighted by Gasteiger charge is 2.10. The van der Waals surface area contributed by atoms with Crippen molar-refractivity contribution in [2.45, 2.75) is 6.54 Å². The summed E-state index contributed by atoms with van der Waals surface area (Å²) in [6.07, 6.45) is 0. The number of halogens is 2. The quantitative estimate of drug-likeness (QED) is 0.666. The first-order valence-corrected chi connectivity index (χ1v) is 6.01. The average molecular weight is 297 g/mol. The minimum atomic E-state index is -0.709. The van der Waals surface area contributed by atoms with Crippen molar-refractivity contribution in [3.63, 3.8) is 0 Å². The molecule has 7 heteroatoms. The number of hydrogen-bond donors (Lipinski definition) is 2. The maximum Gasteiger partial charge on any atom is 0.271 e. The number of phenolic OH excluding ortho intramolecular Hbond substituents is 1. The summed E-state index contributed by atoms with van der Waals surface area (Å²) in [5.74, 6) is -1.14. The Hall–Kier alpha value is -2.34. The molecule has 0 aliphatic rings. The fraction of sp³-hybridized carbons (Fsp3) is 0.0769.